The highest BCUT2D eigenvalue weighted by atomic mass is 16.6. The number of hydrogen-bond donors (Lipinski definition) is 0. The number of likely N-dealkylation sites (tertiary alicyclic amines) is 1. The third-order valence-electron chi connectivity index (χ3n) is 2.86. The molecule has 100 valence electrons. The SMILES string of the molecule is C=C/C(=C\C=C/C)COC(=O)N1CCC(OC)C1. The van der Waals surface area contributed by atoms with Gasteiger partial charge in [-0.1, -0.05) is 30.9 Å². The first-order valence-corrected chi connectivity index (χ1v) is 6.10. The van der Waals surface area contributed by atoms with Gasteiger partial charge in [0.15, 0.2) is 0 Å². The van der Waals surface area contributed by atoms with Crippen molar-refractivity contribution in [2.75, 3.05) is 26.8 Å². The van der Waals surface area contributed by atoms with Crippen molar-refractivity contribution >= 4 is 6.09 Å². The largest absolute Gasteiger partial charge is 0.445 e. The lowest BCUT2D eigenvalue weighted by Gasteiger charge is -2.16. The van der Waals surface area contributed by atoms with E-state index >= 15 is 0 Å². The van der Waals surface area contributed by atoms with Crippen LogP contribution in [-0.4, -0.2) is 43.9 Å². The van der Waals surface area contributed by atoms with Gasteiger partial charge in [0.25, 0.3) is 0 Å². The number of carbonyl (C=O) groups excluding carboxylic acids is 1. The van der Waals surface area contributed by atoms with Gasteiger partial charge in [-0.05, 0) is 18.9 Å². The van der Waals surface area contributed by atoms with Gasteiger partial charge in [0.1, 0.15) is 6.61 Å². The summed E-state index contributed by atoms with van der Waals surface area (Å²) in [5, 5.41) is 0. The molecule has 0 aliphatic carbocycles. The van der Waals surface area contributed by atoms with Crippen molar-refractivity contribution in [3.8, 4) is 0 Å². The molecule has 0 saturated carbocycles. The molecule has 1 rings (SSSR count). The molecule has 0 radical (unpaired) electrons. The van der Waals surface area contributed by atoms with Crippen LogP contribution in [0.4, 0.5) is 4.79 Å². The van der Waals surface area contributed by atoms with Crippen LogP contribution in [0.25, 0.3) is 0 Å². The molecule has 1 atom stereocenters. The van der Waals surface area contributed by atoms with E-state index in [1.807, 2.05) is 25.2 Å². The number of allylic oxidation sites excluding steroid dienone is 3. The fourth-order valence-electron chi connectivity index (χ4n) is 1.72. The Bertz CT molecular complexity index is 347. The average molecular weight is 251 g/mol. The molecule has 1 saturated heterocycles. The number of nitrogens with zero attached hydrogens (tertiary/aromatic N) is 1. The monoisotopic (exact) mass is 251 g/mol. The molecule has 0 bridgehead atoms. The summed E-state index contributed by atoms with van der Waals surface area (Å²) in [6, 6.07) is 0. The summed E-state index contributed by atoms with van der Waals surface area (Å²) in [6.45, 7) is 7.17. The van der Waals surface area contributed by atoms with Crippen molar-refractivity contribution in [1.29, 1.82) is 0 Å². The Hall–Kier alpha value is -1.55. The Morgan fingerprint density at radius 2 is 2.33 bits per heavy atom. The van der Waals surface area contributed by atoms with Crippen LogP contribution < -0.4 is 0 Å². The molecule has 4 heteroatoms. The van der Waals surface area contributed by atoms with Crippen molar-refractivity contribution in [2.24, 2.45) is 0 Å². The van der Waals surface area contributed by atoms with Gasteiger partial charge in [0, 0.05) is 13.7 Å². The standard InChI is InChI=1S/C14H21NO3/c1-4-6-7-12(5-2)11-18-14(16)15-9-8-13(10-15)17-3/h4-7,13H,2,8-11H2,1,3H3/b6-4-,12-7+. The summed E-state index contributed by atoms with van der Waals surface area (Å²) in [5.74, 6) is 0. The zero-order valence-electron chi connectivity index (χ0n) is 11.1. The zero-order chi connectivity index (χ0) is 13.4. The number of methoxy groups -OCH3 is 1. The predicted molar refractivity (Wildman–Crippen MR) is 71.4 cm³/mol. The molecule has 1 amide bonds. The highest BCUT2D eigenvalue weighted by Gasteiger charge is 2.26. The van der Waals surface area contributed by atoms with Crippen molar-refractivity contribution in [3.05, 3.63) is 36.5 Å². The molecule has 0 aromatic rings. The van der Waals surface area contributed by atoms with Crippen LogP contribution in [-0.2, 0) is 9.47 Å². The van der Waals surface area contributed by atoms with E-state index in [2.05, 4.69) is 6.58 Å². The molecular formula is C14H21NO3. The smallest absolute Gasteiger partial charge is 0.410 e. The van der Waals surface area contributed by atoms with E-state index in [1.54, 1.807) is 18.1 Å². The Labute approximate surface area is 109 Å². The van der Waals surface area contributed by atoms with Crippen molar-refractivity contribution in [2.45, 2.75) is 19.4 Å². The lowest BCUT2D eigenvalue weighted by Crippen LogP contribution is -2.30. The van der Waals surface area contributed by atoms with Gasteiger partial charge < -0.3 is 14.4 Å². The summed E-state index contributed by atoms with van der Waals surface area (Å²) in [6.07, 6.45) is 8.08. The molecule has 1 aliphatic heterocycles. The Kier molecular flexibility index (Phi) is 6.22. The van der Waals surface area contributed by atoms with Gasteiger partial charge >= 0.3 is 6.09 Å². The van der Waals surface area contributed by atoms with E-state index in [0.29, 0.717) is 13.1 Å². The normalized spacial score (nSPS) is 20.4. The molecule has 0 aromatic carbocycles. The molecule has 1 unspecified atom stereocenters. The molecule has 4 nitrogen and oxygen atoms in total. The summed E-state index contributed by atoms with van der Waals surface area (Å²) < 4.78 is 10.4. The van der Waals surface area contributed by atoms with E-state index in [4.69, 9.17) is 9.47 Å². The van der Waals surface area contributed by atoms with E-state index in [9.17, 15) is 4.79 Å². The maximum atomic E-state index is 11.8. The highest BCUT2D eigenvalue weighted by Crippen LogP contribution is 2.13. The first kappa shape index (κ1) is 14.5. The molecule has 1 heterocycles. The molecule has 1 aliphatic rings. The van der Waals surface area contributed by atoms with Crippen LogP contribution in [0.3, 0.4) is 0 Å². The zero-order valence-corrected chi connectivity index (χ0v) is 11.1. The third-order valence-corrected chi connectivity index (χ3v) is 2.86. The van der Waals surface area contributed by atoms with Crippen molar-refractivity contribution < 1.29 is 14.3 Å². The van der Waals surface area contributed by atoms with Gasteiger partial charge in [0.05, 0.1) is 12.6 Å². The number of rotatable bonds is 5. The van der Waals surface area contributed by atoms with Crippen LogP contribution in [0.2, 0.25) is 0 Å². The van der Waals surface area contributed by atoms with E-state index in [-0.39, 0.29) is 18.8 Å². The second-order valence-corrected chi connectivity index (χ2v) is 4.12. The fourth-order valence-corrected chi connectivity index (χ4v) is 1.72. The summed E-state index contributed by atoms with van der Waals surface area (Å²) in [5.41, 5.74) is 0.879. The van der Waals surface area contributed by atoms with Crippen molar-refractivity contribution in [1.82, 2.24) is 4.90 Å². The Morgan fingerprint density at radius 1 is 1.56 bits per heavy atom. The first-order valence-electron chi connectivity index (χ1n) is 6.10. The second-order valence-electron chi connectivity index (χ2n) is 4.12. The minimum atomic E-state index is -0.289. The first-order chi connectivity index (χ1) is 8.71. The Morgan fingerprint density at radius 3 is 2.89 bits per heavy atom. The van der Waals surface area contributed by atoms with E-state index < -0.39 is 0 Å². The van der Waals surface area contributed by atoms with Gasteiger partial charge in [-0.3, -0.25) is 0 Å². The summed E-state index contributed by atoms with van der Waals surface area (Å²) in [4.78, 5) is 13.4. The fraction of sp³-hybridized carbons (Fsp3) is 0.500. The quantitative estimate of drug-likeness (QED) is 0.705. The lowest BCUT2D eigenvalue weighted by atomic mass is 10.2. The number of hydrogen-bond acceptors (Lipinski definition) is 3. The molecule has 18 heavy (non-hydrogen) atoms. The van der Waals surface area contributed by atoms with Crippen LogP contribution in [0.1, 0.15) is 13.3 Å². The molecule has 1 fully saturated rings. The highest BCUT2D eigenvalue weighted by molar-refractivity contribution is 5.68. The summed E-state index contributed by atoms with van der Waals surface area (Å²) >= 11 is 0. The van der Waals surface area contributed by atoms with Gasteiger partial charge in [-0.2, -0.15) is 0 Å². The average Bonchev–Trinajstić information content (AvgIpc) is 2.87. The molecular weight excluding hydrogens is 230 g/mol. The minimum absolute atomic E-state index is 0.134. The second kappa shape index (κ2) is 7.71. The van der Waals surface area contributed by atoms with Crippen LogP contribution in [0, 0.1) is 0 Å². The molecule has 0 spiro atoms. The van der Waals surface area contributed by atoms with E-state index in [1.165, 1.54) is 0 Å². The van der Waals surface area contributed by atoms with Gasteiger partial charge in [-0.25, -0.2) is 4.79 Å². The van der Waals surface area contributed by atoms with Crippen molar-refractivity contribution in [3.63, 3.8) is 0 Å². The molecule has 0 aromatic heterocycles. The maximum Gasteiger partial charge on any atom is 0.410 e. The van der Waals surface area contributed by atoms with E-state index in [0.717, 1.165) is 12.0 Å². The Balaban J connectivity index is 2.39. The van der Waals surface area contributed by atoms with Crippen LogP contribution in [0.5, 0.6) is 0 Å². The predicted octanol–water partition coefficient (Wildman–Crippen LogP) is 2.53. The molecule has 0 N–H and O–H groups in total. The minimum Gasteiger partial charge on any atom is -0.445 e. The maximum absolute atomic E-state index is 11.8. The number of amides is 1. The number of carbonyl (C=O) groups is 1. The van der Waals surface area contributed by atoms with Crippen LogP contribution >= 0.6 is 0 Å². The number of ether oxygens (including phenoxy) is 2. The van der Waals surface area contributed by atoms with Gasteiger partial charge in [0.2, 0.25) is 0 Å². The topological polar surface area (TPSA) is 38.8 Å². The van der Waals surface area contributed by atoms with Crippen LogP contribution in [0.15, 0.2) is 36.5 Å². The van der Waals surface area contributed by atoms with Gasteiger partial charge in [-0.15, -0.1) is 0 Å². The lowest BCUT2D eigenvalue weighted by molar-refractivity contribution is 0.0924. The summed E-state index contributed by atoms with van der Waals surface area (Å²) in [7, 11) is 1.66. The third kappa shape index (κ3) is 4.37.